The van der Waals surface area contributed by atoms with E-state index in [0.717, 1.165) is 24.9 Å². The Labute approximate surface area is 189 Å². The summed E-state index contributed by atoms with van der Waals surface area (Å²) in [5.74, 6) is 0.529. The number of aromatic nitrogens is 1. The summed E-state index contributed by atoms with van der Waals surface area (Å²) in [6, 6.07) is 8.19. The van der Waals surface area contributed by atoms with Gasteiger partial charge in [0.05, 0.1) is 4.47 Å². The van der Waals surface area contributed by atoms with Gasteiger partial charge in [0.2, 0.25) is 0 Å². The van der Waals surface area contributed by atoms with Crippen LogP contribution in [0.1, 0.15) is 12.0 Å². The van der Waals surface area contributed by atoms with Crippen LogP contribution in [0.2, 0.25) is 0 Å². The second-order valence-electron chi connectivity index (χ2n) is 6.38. The van der Waals surface area contributed by atoms with Gasteiger partial charge < -0.3 is 15.5 Å². The molecule has 152 valence electrons. The number of nitrogens with one attached hydrogen (secondary N) is 2. The van der Waals surface area contributed by atoms with Gasteiger partial charge in [-0.15, -0.1) is 24.0 Å². The molecule has 1 saturated heterocycles. The lowest BCUT2D eigenvalue weighted by Gasteiger charge is -2.20. The highest BCUT2D eigenvalue weighted by molar-refractivity contribution is 14.0. The maximum Gasteiger partial charge on any atom is 0.191 e. The minimum absolute atomic E-state index is 0. The van der Waals surface area contributed by atoms with E-state index in [2.05, 4.69) is 36.5 Å². The summed E-state index contributed by atoms with van der Waals surface area (Å²) >= 11 is 3.20. The summed E-state index contributed by atoms with van der Waals surface area (Å²) in [5, 5.41) is 6.64. The number of aliphatic imine (C=N–C) groups is 1. The van der Waals surface area contributed by atoms with Crippen molar-refractivity contribution < 1.29 is 8.78 Å². The Hall–Kier alpha value is -1.49. The van der Waals surface area contributed by atoms with Crippen LogP contribution in [0.25, 0.3) is 0 Å². The van der Waals surface area contributed by atoms with Gasteiger partial charge in [-0.1, -0.05) is 6.07 Å². The second-order valence-corrected chi connectivity index (χ2v) is 7.24. The Morgan fingerprint density at radius 1 is 1.32 bits per heavy atom. The molecule has 1 fully saturated rings. The average Bonchev–Trinajstić information content (AvgIpc) is 3.12. The Morgan fingerprint density at radius 3 is 2.86 bits per heavy atom. The van der Waals surface area contributed by atoms with Crippen LogP contribution in [0.5, 0.6) is 0 Å². The van der Waals surface area contributed by atoms with Crippen molar-refractivity contribution in [3.8, 4) is 0 Å². The number of pyridine rings is 1. The van der Waals surface area contributed by atoms with Gasteiger partial charge in [-0.2, -0.15) is 0 Å². The Morgan fingerprint density at radius 2 is 2.14 bits per heavy atom. The van der Waals surface area contributed by atoms with E-state index >= 15 is 0 Å². The van der Waals surface area contributed by atoms with Gasteiger partial charge in [0.15, 0.2) is 17.6 Å². The number of anilines is 1. The number of nitrogens with zero attached hydrogens (tertiary/aromatic N) is 3. The van der Waals surface area contributed by atoms with Crippen molar-refractivity contribution in [3.63, 3.8) is 0 Å². The summed E-state index contributed by atoms with van der Waals surface area (Å²) < 4.78 is 27.6. The number of guanidine groups is 1. The van der Waals surface area contributed by atoms with Crippen LogP contribution in [0.15, 0.2) is 46.0 Å². The normalized spacial score (nSPS) is 16.6. The molecule has 0 amide bonds. The molecule has 1 aliphatic heterocycles. The zero-order valence-corrected chi connectivity index (χ0v) is 19.4. The maximum atomic E-state index is 13.9. The fourth-order valence-corrected chi connectivity index (χ4v) is 3.52. The van der Waals surface area contributed by atoms with Gasteiger partial charge in [-0.25, -0.2) is 13.8 Å². The van der Waals surface area contributed by atoms with Crippen molar-refractivity contribution in [2.45, 2.75) is 18.9 Å². The van der Waals surface area contributed by atoms with E-state index < -0.39 is 0 Å². The predicted molar refractivity (Wildman–Crippen MR) is 123 cm³/mol. The zero-order chi connectivity index (χ0) is 19.2. The molecular weight excluding hydrogens is 543 g/mol. The lowest BCUT2D eigenvalue weighted by atomic mass is 10.1. The highest BCUT2D eigenvalue weighted by atomic mass is 127. The molecule has 3 rings (SSSR count). The number of hydrogen-bond acceptors (Lipinski definition) is 3. The monoisotopic (exact) mass is 565 g/mol. The topological polar surface area (TPSA) is 52.6 Å². The SMILES string of the molecule is CN=C(NCCc1ccc(F)c(Br)c1)NC1CCN(c2ncccc2F)C1.I. The van der Waals surface area contributed by atoms with Crippen molar-refractivity contribution in [2.24, 2.45) is 4.99 Å². The van der Waals surface area contributed by atoms with Gasteiger partial charge in [-0.3, -0.25) is 4.99 Å². The summed E-state index contributed by atoms with van der Waals surface area (Å²) in [7, 11) is 1.72. The molecule has 1 aromatic carbocycles. The molecule has 1 atom stereocenters. The molecule has 1 aromatic heterocycles. The molecule has 28 heavy (non-hydrogen) atoms. The molecule has 0 aliphatic carbocycles. The Kier molecular flexibility index (Phi) is 8.87. The summed E-state index contributed by atoms with van der Waals surface area (Å²) in [4.78, 5) is 10.3. The van der Waals surface area contributed by atoms with Crippen LogP contribution in [-0.2, 0) is 6.42 Å². The summed E-state index contributed by atoms with van der Waals surface area (Å²) in [6.45, 7) is 2.08. The Bertz CT molecular complexity index is 821. The molecule has 0 bridgehead atoms. The van der Waals surface area contributed by atoms with E-state index in [1.54, 1.807) is 31.4 Å². The highest BCUT2D eigenvalue weighted by Crippen LogP contribution is 2.20. The largest absolute Gasteiger partial charge is 0.356 e. The van der Waals surface area contributed by atoms with Gasteiger partial charge >= 0.3 is 0 Å². The van der Waals surface area contributed by atoms with E-state index in [1.807, 2.05) is 4.90 Å². The quantitative estimate of drug-likeness (QED) is 0.330. The van der Waals surface area contributed by atoms with E-state index in [1.165, 1.54) is 12.1 Å². The number of hydrogen-bond donors (Lipinski definition) is 2. The lowest BCUT2D eigenvalue weighted by Crippen LogP contribution is -2.45. The van der Waals surface area contributed by atoms with Crippen molar-refractivity contribution in [1.29, 1.82) is 0 Å². The molecule has 5 nitrogen and oxygen atoms in total. The molecule has 9 heteroatoms. The fourth-order valence-electron chi connectivity index (χ4n) is 3.09. The molecule has 0 spiro atoms. The third kappa shape index (κ3) is 6.00. The van der Waals surface area contributed by atoms with Crippen LogP contribution < -0.4 is 15.5 Å². The third-order valence-electron chi connectivity index (χ3n) is 4.48. The molecule has 1 aliphatic rings. The minimum Gasteiger partial charge on any atom is -0.356 e. The first-order valence-corrected chi connectivity index (χ1v) is 9.62. The number of halogens is 4. The van der Waals surface area contributed by atoms with Crippen LogP contribution in [-0.4, -0.2) is 43.7 Å². The summed E-state index contributed by atoms with van der Waals surface area (Å²) in [6.07, 6.45) is 3.23. The van der Waals surface area contributed by atoms with E-state index in [-0.39, 0.29) is 41.7 Å². The van der Waals surface area contributed by atoms with E-state index in [4.69, 9.17) is 0 Å². The third-order valence-corrected chi connectivity index (χ3v) is 5.09. The second kappa shape index (κ2) is 10.9. The molecule has 0 radical (unpaired) electrons. The van der Waals surface area contributed by atoms with Crippen molar-refractivity contribution in [1.82, 2.24) is 15.6 Å². The van der Waals surface area contributed by atoms with Gasteiger partial charge in [0.1, 0.15) is 5.82 Å². The van der Waals surface area contributed by atoms with Gasteiger partial charge in [0.25, 0.3) is 0 Å². The van der Waals surface area contributed by atoms with E-state index in [9.17, 15) is 8.78 Å². The van der Waals surface area contributed by atoms with Crippen LogP contribution in [0, 0.1) is 11.6 Å². The Balaban J connectivity index is 0.00000280. The van der Waals surface area contributed by atoms with Crippen molar-refractivity contribution >= 4 is 51.7 Å². The van der Waals surface area contributed by atoms with E-state index in [0.29, 0.717) is 29.3 Å². The molecule has 2 heterocycles. The van der Waals surface area contributed by atoms with Crippen LogP contribution in [0.4, 0.5) is 14.6 Å². The maximum absolute atomic E-state index is 13.9. The smallest absolute Gasteiger partial charge is 0.191 e. The average molecular weight is 566 g/mol. The molecular formula is C19H23BrF2IN5. The first kappa shape index (κ1) is 22.8. The molecule has 2 N–H and O–H groups in total. The van der Waals surface area contributed by atoms with Crippen molar-refractivity contribution in [2.75, 3.05) is 31.6 Å². The number of rotatable bonds is 5. The van der Waals surface area contributed by atoms with Gasteiger partial charge in [0, 0.05) is 38.9 Å². The van der Waals surface area contributed by atoms with Crippen LogP contribution >= 0.6 is 39.9 Å². The molecule has 1 unspecified atom stereocenters. The summed E-state index contributed by atoms with van der Waals surface area (Å²) in [5.41, 5.74) is 1.03. The zero-order valence-electron chi connectivity index (χ0n) is 15.5. The lowest BCUT2D eigenvalue weighted by molar-refractivity contribution is 0.612. The van der Waals surface area contributed by atoms with Gasteiger partial charge in [-0.05, 0) is 58.6 Å². The fraction of sp³-hybridized carbons (Fsp3) is 0.368. The standard InChI is InChI=1S/C19H22BrF2N5.HI/c1-23-19(25-9-6-13-4-5-16(21)15(20)11-13)26-14-7-10-27(12-14)18-17(22)3-2-8-24-18;/h2-5,8,11,14H,6-7,9-10,12H2,1H3,(H2,23,25,26);1H. The number of benzene rings is 1. The minimum atomic E-state index is -0.300. The predicted octanol–water partition coefficient (Wildman–Crippen LogP) is 3.73. The first-order chi connectivity index (χ1) is 13.1. The molecule has 2 aromatic rings. The van der Waals surface area contributed by atoms with Crippen molar-refractivity contribution in [3.05, 3.63) is 58.2 Å². The van der Waals surface area contributed by atoms with Crippen LogP contribution in [0.3, 0.4) is 0 Å². The first-order valence-electron chi connectivity index (χ1n) is 8.83. The highest BCUT2D eigenvalue weighted by Gasteiger charge is 2.25. The molecule has 0 saturated carbocycles.